The second-order valence-corrected chi connectivity index (χ2v) is 4.97. The van der Waals surface area contributed by atoms with E-state index in [0.717, 1.165) is 12.1 Å². The van der Waals surface area contributed by atoms with Crippen LogP contribution in [0.2, 0.25) is 0 Å². The first-order valence-corrected chi connectivity index (χ1v) is 6.56. The molecule has 20 heavy (non-hydrogen) atoms. The zero-order valence-corrected chi connectivity index (χ0v) is 11.4. The fourth-order valence-corrected chi connectivity index (χ4v) is 2.67. The van der Waals surface area contributed by atoms with E-state index in [-0.39, 0.29) is 17.8 Å². The van der Waals surface area contributed by atoms with Crippen molar-refractivity contribution in [2.75, 3.05) is 33.4 Å². The minimum Gasteiger partial charge on any atom is -0.465 e. The number of carbonyl (C=O) groups is 1. The lowest BCUT2D eigenvalue weighted by molar-refractivity contribution is 0.158. The first kappa shape index (κ1) is 14.7. The highest BCUT2D eigenvalue weighted by molar-refractivity contribution is 5.65. The Kier molecular flexibility index (Phi) is 4.92. The van der Waals surface area contributed by atoms with Crippen LogP contribution in [-0.4, -0.2) is 55.5 Å². The van der Waals surface area contributed by atoms with Gasteiger partial charge in [-0.2, -0.15) is 0 Å². The zero-order valence-electron chi connectivity index (χ0n) is 11.4. The molecule has 1 aromatic carbocycles. The molecule has 1 amide bonds. The van der Waals surface area contributed by atoms with Gasteiger partial charge in [0.15, 0.2) is 0 Å². The summed E-state index contributed by atoms with van der Waals surface area (Å²) in [4.78, 5) is 13.0. The van der Waals surface area contributed by atoms with Crippen LogP contribution < -0.4 is 5.32 Å². The van der Waals surface area contributed by atoms with Gasteiger partial charge in [0, 0.05) is 32.7 Å². The molecule has 1 saturated heterocycles. The summed E-state index contributed by atoms with van der Waals surface area (Å²) in [7, 11) is 1.63. The normalized spacial score (nSPS) is 22.9. The minimum atomic E-state index is -1.05. The predicted molar refractivity (Wildman–Crippen MR) is 72.4 cm³/mol. The number of nitrogens with zero attached hydrogens (tertiary/aromatic N) is 1. The number of hydrogen-bond acceptors (Lipinski definition) is 3. The van der Waals surface area contributed by atoms with Gasteiger partial charge in [-0.15, -0.1) is 0 Å². The molecule has 1 fully saturated rings. The van der Waals surface area contributed by atoms with Gasteiger partial charge in [0.25, 0.3) is 0 Å². The second kappa shape index (κ2) is 6.67. The largest absolute Gasteiger partial charge is 0.465 e. The first-order chi connectivity index (χ1) is 9.60. The monoisotopic (exact) mass is 282 g/mol. The third kappa shape index (κ3) is 3.68. The molecule has 5 nitrogen and oxygen atoms in total. The minimum absolute atomic E-state index is 0.0429. The van der Waals surface area contributed by atoms with Crippen molar-refractivity contribution in [1.82, 2.24) is 10.2 Å². The van der Waals surface area contributed by atoms with Crippen LogP contribution >= 0.6 is 0 Å². The molecule has 1 aliphatic heterocycles. The van der Waals surface area contributed by atoms with Crippen LogP contribution in [0, 0.1) is 5.82 Å². The number of halogens is 1. The lowest BCUT2D eigenvalue weighted by Gasteiger charge is -2.18. The Balaban J connectivity index is 2.12. The molecular weight excluding hydrogens is 263 g/mol. The second-order valence-electron chi connectivity index (χ2n) is 4.97. The summed E-state index contributed by atoms with van der Waals surface area (Å²) < 4.78 is 18.4. The van der Waals surface area contributed by atoms with Gasteiger partial charge in [-0.05, 0) is 17.7 Å². The molecule has 0 aromatic heterocycles. The Hall–Kier alpha value is -1.66. The average Bonchev–Trinajstić information content (AvgIpc) is 2.78. The Morgan fingerprint density at radius 1 is 1.55 bits per heavy atom. The van der Waals surface area contributed by atoms with E-state index in [1.807, 2.05) is 6.07 Å². The maximum absolute atomic E-state index is 13.3. The van der Waals surface area contributed by atoms with Gasteiger partial charge in [-0.1, -0.05) is 12.1 Å². The van der Waals surface area contributed by atoms with E-state index in [1.165, 1.54) is 12.1 Å². The van der Waals surface area contributed by atoms with Gasteiger partial charge in [-0.25, -0.2) is 9.18 Å². The van der Waals surface area contributed by atoms with Crippen molar-refractivity contribution in [1.29, 1.82) is 0 Å². The fourth-order valence-electron chi connectivity index (χ4n) is 2.67. The molecule has 0 aliphatic carbocycles. The van der Waals surface area contributed by atoms with Crippen LogP contribution in [0.25, 0.3) is 0 Å². The number of hydrogen-bond donors (Lipinski definition) is 2. The molecule has 1 aliphatic rings. The third-order valence-corrected chi connectivity index (χ3v) is 3.59. The van der Waals surface area contributed by atoms with Crippen molar-refractivity contribution in [3.63, 3.8) is 0 Å². The summed E-state index contributed by atoms with van der Waals surface area (Å²) in [5, 5.41) is 11.5. The SMILES string of the molecule is COCCN1C[C@@H](NC(=O)O)[C@H](c2cccc(F)c2)C1. The topological polar surface area (TPSA) is 61.8 Å². The number of benzene rings is 1. The molecular formula is C14H19FN2O3. The van der Waals surface area contributed by atoms with Crippen molar-refractivity contribution in [3.8, 4) is 0 Å². The summed E-state index contributed by atoms with van der Waals surface area (Å²) in [6.45, 7) is 2.63. The van der Waals surface area contributed by atoms with Crippen LogP contribution in [0.5, 0.6) is 0 Å². The Morgan fingerprint density at radius 2 is 2.35 bits per heavy atom. The fraction of sp³-hybridized carbons (Fsp3) is 0.500. The summed E-state index contributed by atoms with van der Waals surface area (Å²) in [5.74, 6) is -0.342. The predicted octanol–water partition coefficient (Wildman–Crippen LogP) is 1.51. The van der Waals surface area contributed by atoms with Crippen LogP contribution in [0.4, 0.5) is 9.18 Å². The smallest absolute Gasteiger partial charge is 0.404 e. The van der Waals surface area contributed by atoms with Crippen molar-refractivity contribution >= 4 is 6.09 Å². The number of nitrogens with one attached hydrogen (secondary N) is 1. The van der Waals surface area contributed by atoms with Crippen molar-refractivity contribution < 1.29 is 19.0 Å². The Labute approximate surface area is 117 Å². The molecule has 0 bridgehead atoms. The summed E-state index contributed by atoms with van der Waals surface area (Å²) in [6.07, 6.45) is -1.05. The number of carboxylic acid groups (broad SMARTS) is 1. The maximum Gasteiger partial charge on any atom is 0.404 e. The van der Waals surface area contributed by atoms with Gasteiger partial charge >= 0.3 is 6.09 Å². The zero-order chi connectivity index (χ0) is 14.5. The van der Waals surface area contributed by atoms with E-state index >= 15 is 0 Å². The molecule has 0 radical (unpaired) electrons. The van der Waals surface area contributed by atoms with Crippen LogP contribution in [-0.2, 0) is 4.74 Å². The molecule has 1 heterocycles. The molecule has 110 valence electrons. The maximum atomic E-state index is 13.3. The average molecular weight is 282 g/mol. The quantitative estimate of drug-likeness (QED) is 0.859. The molecule has 0 unspecified atom stereocenters. The van der Waals surface area contributed by atoms with E-state index < -0.39 is 6.09 Å². The van der Waals surface area contributed by atoms with Gasteiger partial charge in [0.2, 0.25) is 0 Å². The molecule has 1 aromatic rings. The number of ether oxygens (including phenoxy) is 1. The molecule has 0 saturated carbocycles. The summed E-state index contributed by atoms with van der Waals surface area (Å²) in [6, 6.07) is 6.12. The molecule has 2 N–H and O–H groups in total. The van der Waals surface area contributed by atoms with Gasteiger partial charge in [0.05, 0.1) is 12.6 Å². The van der Waals surface area contributed by atoms with E-state index in [2.05, 4.69) is 10.2 Å². The van der Waals surface area contributed by atoms with E-state index in [9.17, 15) is 9.18 Å². The van der Waals surface area contributed by atoms with Crippen molar-refractivity contribution in [3.05, 3.63) is 35.6 Å². The lowest BCUT2D eigenvalue weighted by atomic mass is 9.94. The first-order valence-electron chi connectivity index (χ1n) is 6.56. The molecule has 2 rings (SSSR count). The van der Waals surface area contributed by atoms with Gasteiger partial charge < -0.3 is 15.2 Å². The standard InChI is InChI=1S/C14H19FN2O3/c1-20-6-5-17-8-12(13(9-17)16-14(18)19)10-3-2-4-11(15)7-10/h2-4,7,12-13,16H,5-6,8-9H2,1H3,(H,18,19)/t12-,13+/m0/s1. The highest BCUT2D eigenvalue weighted by Crippen LogP contribution is 2.28. The number of likely N-dealkylation sites (tertiary alicyclic amines) is 1. The van der Waals surface area contributed by atoms with Gasteiger partial charge in [-0.3, -0.25) is 4.90 Å². The third-order valence-electron chi connectivity index (χ3n) is 3.59. The molecule has 2 atom stereocenters. The molecule has 6 heteroatoms. The van der Waals surface area contributed by atoms with Crippen LogP contribution in [0.3, 0.4) is 0 Å². The van der Waals surface area contributed by atoms with Crippen molar-refractivity contribution in [2.24, 2.45) is 0 Å². The van der Waals surface area contributed by atoms with Gasteiger partial charge in [0.1, 0.15) is 5.82 Å². The van der Waals surface area contributed by atoms with E-state index in [0.29, 0.717) is 19.7 Å². The Bertz CT molecular complexity index is 469. The number of amides is 1. The summed E-state index contributed by atoms with van der Waals surface area (Å²) >= 11 is 0. The van der Waals surface area contributed by atoms with Crippen LogP contribution in [0.15, 0.2) is 24.3 Å². The highest BCUT2D eigenvalue weighted by Gasteiger charge is 2.34. The van der Waals surface area contributed by atoms with E-state index in [4.69, 9.17) is 9.84 Å². The number of rotatable bonds is 5. The van der Waals surface area contributed by atoms with Crippen LogP contribution in [0.1, 0.15) is 11.5 Å². The van der Waals surface area contributed by atoms with Crippen molar-refractivity contribution in [2.45, 2.75) is 12.0 Å². The number of methoxy groups -OCH3 is 1. The Morgan fingerprint density at radius 3 is 3.00 bits per heavy atom. The van der Waals surface area contributed by atoms with E-state index in [1.54, 1.807) is 13.2 Å². The highest BCUT2D eigenvalue weighted by atomic mass is 19.1. The molecule has 0 spiro atoms. The summed E-state index contributed by atoms with van der Waals surface area (Å²) in [5.41, 5.74) is 0.823. The lowest BCUT2D eigenvalue weighted by Crippen LogP contribution is -2.39.